The average Bonchev–Trinajstić information content (AvgIpc) is 2.50. The predicted octanol–water partition coefficient (Wildman–Crippen LogP) is 2.98. The molecule has 0 saturated heterocycles. The van der Waals surface area contributed by atoms with E-state index in [0.717, 1.165) is 11.3 Å². The zero-order valence-corrected chi connectivity index (χ0v) is 11.8. The van der Waals surface area contributed by atoms with Gasteiger partial charge in [-0.2, -0.15) is 5.26 Å². The Morgan fingerprint density at radius 3 is 2.76 bits per heavy atom. The maximum absolute atomic E-state index is 11.8. The standard InChI is InChI=1S/C16H15N3O2/c1-10-6-7-11(9-17)8-14(10)19-15-12(16(20)21-2)4-3-5-13(15)18/h3-8,19H,18H2,1-2H3. The first kappa shape index (κ1) is 14.4. The third kappa shape index (κ3) is 2.95. The lowest BCUT2D eigenvalue weighted by molar-refractivity contribution is 0.0602. The first-order chi connectivity index (χ1) is 10.1. The third-order valence-corrected chi connectivity index (χ3v) is 3.13. The molecule has 0 spiro atoms. The second kappa shape index (κ2) is 5.97. The van der Waals surface area contributed by atoms with Crippen LogP contribution >= 0.6 is 0 Å². The number of nitrogens with two attached hydrogens (primary N) is 1. The quantitative estimate of drug-likeness (QED) is 0.667. The number of esters is 1. The van der Waals surface area contributed by atoms with Gasteiger partial charge in [-0.3, -0.25) is 0 Å². The van der Waals surface area contributed by atoms with Crippen molar-refractivity contribution in [3.05, 3.63) is 53.1 Å². The van der Waals surface area contributed by atoms with E-state index in [1.807, 2.05) is 13.0 Å². The topological polar surface area (TPSA) is 88.1 Å². The number of anilines is 3. The number of rotatable bonds is 3. The smallest absolute Gasteiger partial charge is 0.340 e. The number of hydrogen-bond acceptors (Lipinski definition) is 5. The van der Waals surface area contributed by atoms with Crippen LogP contribution in [0.15, 0.2) is 36.4 Å². The molecule has 0 heterocycles. The van der Waals surface area contributed by atoms with Crippen LogP contribution in [0.4, 0.5) is 17.1 Å². The average molecular weight is 281 g/mol. The second-order valence-electron chi connectivity index (χ2n) is 4.53. The molecule has 0 amide bonds. The van der Waals surface area contributed by atoms with Gasteiger partial charge in [-0.05, 0) is 36.8 Å². The van der Waals surface area contributed by atoms with Crippen molar-refractivity contribution in [1.82, 2.24) is 0 Å². The summed E-state index contributed by atoms with van der Waals surface area (Å²) in [6.07, 6.45) is 0. The molecule has 0 atom stereocenters. The van der Waals surface area contributed by atoms with Gasteiger partial charge < -0.3 is 15.8 Å². The number of carbonyl (C=O) groups excluding carboxylic acids is 1. The molecule has 21 heavy (non-hydrogen) atoms. The summed E-state index contributed by atoms with van der Waals surface area (Å²) < 4.78 is 4.76. The molecule has 5 heteroatoms. The number of nitrogens with one attached hydrogen (secondary N) is 1. The number of aryl methyl sites for hydroxylation is 1. The zero-order chi connectivity index (χ0) is 15.4. The summed E-state index contributed by atoms with van der Waals surface area (Å²) in [4.78, 5) is 11.8. The molecule has 0 aromatic heterocycles. The van der Waals surface area contributed by atoms with Crippen LogP contribution in [0.1, 0.15) is 21.5 Å². The van der Waals surface area contributed by atoms with Gasteiger partial charge >= 0.3 is 5.97 Å². The Bertz CT molecular complexity index is 733. The summed E-state index contributed by atoms with van der Waals surface area (Å²) >= 11 is 0. The van der Waals surface area contributed by atoms with Crippen LogP contribution in [-0.4, -0.2) is 13.1 Å². The number of ether oxygens (including phenoxy) is 1. The van der Waals surface area contributed by atoms with Crippen molar-refractivity contribution >= 4 is 23.0 Å². The number of nitrogens with zero attached hydrogens (tertiary/aromatic N) is 1. The van der Waals surface area contributed by atoms with E-state index in [-0.39, 0.29) is 0 Å². The van der Waals surface area contributed by atoms with Crippen molar-refractivity contribution in [2.24, 2.45) is 0 Å². The molecule has 0 bridgehead atoms. The third-order valence-electron chi connectivity index (χ3n) is 3.13. The van der Waals surface area contributed by atoms with E-state index in [9.17, 15) is 4.79 Å². The monoisotopic (exact) mass is 281 g/mol. The maximum atomic E-state index is 11.8. The molecule has 0 saturated carbocycles. The summed E-state index contributed by atoms with van der Waals surface area (Å²) in [5, 5.41) is 12.1. The molecule has 2 rings (SSSR count). The Balaban J connectivity index is 2.49. The summed E-state index contributed by atoms with van der Waals surface area (Å²) in [5.74, 6) is -0.473. The minimum Gasteiger partial charge on any atom is -0.465 e. The molecular weight excluding hydrogens is 266 g/mol. The highest BCUT2D eigenvalue weighted by Crippen LogP contribution is 2.29. The van der Waals surface area contributed by atoms with Gasteiger partial charge in [-0.1, -0.05) is 12.1 Å². The Hall–Kier alpha value is -3.00. The predicted molar refractivity (Wildman–Crippen MR) is 81.4 cm³/mol. The fourth-order valence-corrected chi connectivity index (χ4v) is 1.95. The van der Waals surface area contributed by atoms with Crippen molar-refractivity contribution < 1.29 is 9.53 Å². The van der Waals surface area contributed by atoms with Crippen molar-refractivity contribution in [1.29, 1.82) is 5.26 Å². The number of carbonyl (C=O) groups is 1. The fourth-order valence-electron chi connectivity index (χ4n) is 1.95. The Morgan fingerprint density at radius 1 is 1.33 bits per heavy atom. The molecule has 3 N–H and O–H groups in total. The first-order valence-corrected chi connectivity index (χ1v) is 6.31. The van der Waals surface area contributed by atoms with Crippen LogP contribution in [0, 0.1) is 18.3 Å². The highest BCUT2D eigenvalue weighted by Gasteiger charge is 2.15. The zero-order valence-electron chi connectivity index (χ0n) is 11.8. The van der Waals surface area contributed by atoms with Gasteiger partial charge in [0.2, 0.25) is 0 Å². The van der Waals surface area contributed by atoms with Gasteiger partial charge in [0.15, 0.2) is 0 Å². The highest BCUT2D eigenvalue weighted by atomic mass is 16.5. The number of para-hydroxylation sites is 1. The van der Waals surface area contributed by atoms with E-state index in [4.69, 9.17) is 15.7 Å². The SMILES string of the molecule is COC(=O)c1cccc(N)c1Nc1cc(C#N)ccc1C. The van der Waals surface area contributed by atoms with Crippen LogP contribution in [0.5, 0.6) is 0 Å². The molecule has 5 nitrogen and oxygen atoms in total. The number of benzene rings is 2. The van der Waals surface area contributed by atoms with Gasteiger partial charge in [0.05, 0.1) is 35.7 Å². The van der Waals surface area contributed by atoms with Gasteiger partial charge in [0, 0.05) is 5.69 Å². The van der Waals surface area contributed by atoms with E-state index in [0.29, 0.717) is 22.5 Å². The molecule has 0 aliphatic rings. The second-order valence-corrected chi connectivity index (χ2v) is 4.53. The molecule has 0 fully saturated rings. The highest BCUT2D eigenvalue weighted by molar-refractivity contribution is 6.00. The molecule has 2 aromatic carbocycles. The summed E-state index contributed by atoms with van der Waals surface area (Å²) in [5.41, 5.74) is 9.38. The summed E-state index contributed by atoms with van der Waals surface area (Å²) in [7, 11) is 1.32. The summed E-state index contributed by atoms with van der Waals surface area (Å²) in [6.45, 7) is 1.90. The van der Waals surface area contributed by atoms with Crippen LogP contribution in [-0.2, 0) is 4.74 Å². The molecular formula is C16H15N3O2. The lowest BCUT2D eigenvalue weighted by Crippen LogP contribution is -2.08. The van der Waals surface area contributed by atoms with Crippen LogP contribution in [0.3, 0.4) is 0 Å². The number of methoxy groups -OCH3 is 1. The van der Waals surface area contributed by atoms with E-state index in [2.05, 4.69) is 11.4 Å². The van der Waals surface area contributed by atoms with Gasteiger partial charge in [0.25, 0.3) is 0 Å². The number of nitrogen functional groups attached to an aromatic ring is 1. The molecule has 0 unspecified atom stereocenters. The van der Waals surface area contributed by atoms with Crippen molar-refractivity contribution in [2.75, 3.05) is 18.2 Å². The van der Waals surface area contributed by atoms with Crippen LogP contribution < -0.4 is 11.1 Å². The number of nitriles is 1. The molecule has 106 valence electrons. The maximum Gasteiger partial charge on any atom is 0.340 e. The Morgan fingerprint density at radius 2 is 2.10 bits per heavy atom. The van der Waals surface area contributed by atoms with Crippen molar-refractivity contribution in [3.8, 4) is 6.07 Å². The van der Waals surface area contributed by atoms with E-state index in [1.165, 1.54) is 7.11 Å². The van der Waals surface area contributed by atoms with Crippen molar-refractivity contribution in [2.45, 2.75) is 6.92 Å². The van der Waals surface area contributed by atoms with Crippen molar-refractivity contribution in [3.63, 3.8) is 0 Å². The molecule has 0 radical (unpaired) electrons. The Labute approximate surface area is 123 Å². The normalized spacial score (nSPS) is 9.76. The van der Waals surface area contributed by atoms with E-state index < -0.39 is 5.97 Å². The molecule has 0 aliphatic heterocycles. The van der Waals surface area contributed by atoms with Gasteiger partial charge in [0.1, 0.15) is 0 Å². The van der Waals surface area contributed by atoms with Gasteiger partial charge in [-0.25, -0.2) is 4.79 Å². The van der Waals surface area contributed by atoms with Crippen LogP contribution in [0.25, 0.3) is 0 Å². The van der Waals surface area contributed by atoms with E-state index >= 15 is 0 Å². The molecule has 0 aliphatic carbocycles. The minimum absolute atomic E-state index is 0.347. The largest absolute Gasteiger partial charge is 0.465 e. The number of hydrogen-bond donors (Lipinski definition) is 2. The summed E-state index contributed by atoms with van der Waals surface area (Å²) in [6, 6.07) is 12.4. The lowest BCUT2D eigenvalue weighted by Gasteiger charge is -2.15. The van der Waals surface area contributed by atoms with Crippen LogP contribution in [0.2, 0.25) is 0 Å². The Kier molecular flexibility index (Phi) is 4.10. The fraction of sp³-hybridized carbons (Fsp3) is 0.125. The first-order valence-electron chi connectivity index (χ1n) is 6.31. The molecule has 2 aromatic rings. The van der Waals surface area contributed by atoms with Gasteiger partial charge in [-0.15, -0.1) is 0 Å². The lowest BCUT2D eigenvalue weighted by atomic mass is 10.1. The minimum atomic E-state index is -0.473. The van der Waals surface area contributed by atoms with E-state index in [1.54, 1.807) is 30.3 Å².